The van der Waals surface area contributed by atoms with E-state index in [4.69, 9.17) is 0 Å². The number of hydrazine groups is 1. The molecule has 0 aromatic carbocycles. The van der Waals surface area contributed by atoms with Crippen molar-refractivity contribution in [3.05, 3.63) is 23.5 Å². The number of rotatable bonds is 0. The highest BCUT2D eigenvalue weighted by molar-refractivity contribution is 5.23. The van der Waals surface area contributed by atoms with Crippen LogP contribution >= 0.6 is 0 Å². The van der Waals surface area contributed by atoms with Crippen LogP contribution in [0.5, 0.6) is 0 Å². The maximum absolute atomic E-state index is 2.97. The van der Waals surface area contributed by atoms with Crippen LogP contribution in [0.1, 0.15) is 27.7 Å². The van der Waals surface area contributed by atoms with Gasteiger partial charge in [0.1, 0.15) is 0 Å². The normalized spacial score (nSPS) is 14.8. The third-order valence-electron chi connectivity index (χ3n) is 1.27. The minimum Gasteiger partial charge on any atom is -0.308 e. The third kappa shape index (κ3) is 2.58. The van der Waals surface area contributed by atoms with Crippen LogP contribution in [0.4, 0.5) is 0 Å². The summed E-state index contributed by atoms with van der Waals surface area (Å²) in [6.45, 7) is 8.10. The molecule has 0 saturated heterocycles. The maximum atomic E-state index is 2.97. The van der Waals surface area contributed by atoms with Crippen LogP contribution in [0.3, 0.4) is 0 Å². The molecule has 1 aliphatic heterocycles. The van der Waals surface area contributed by atoms with Crippen LogP contribution in [0, 0.1) is 0 Å². The molecule has 0 fully saturated rings. The van der Waals surface area contributed by atoms with Gasteiger partial charge in [-0.2, -0.15) is 0 Å². The SMILES string of the molecule is CC.CC1=C(C)NNC=C1. The number of allylic oxidation sites excluding steroid dienone is 3. The zero-order valence-electron chi connectivity index (χ0n) is 7.15. The van der Waals surface area contributed by atoms with Crippen molar-refractivity contribution in [2.24, 2.45) is 0 Å². The highest BCUT2D eigenvalue weighted by atomic mass is 15.3. The van der Waals surface area contributed by atoms with E-state index in [0.29, 0.717) is 0 Å². The smallest absolute Gasteiger partial charge is 0.0312 e. The molecule has 0 aromatic heterocycles. The van der Waals surface area contributed by atoms with Gasteiger partial charge in [-0.15, -0.1) is 0 Å². The largest absolute Gasteiger partial charge is 0.308 e. The van der Waals surface area contributed by atoms with E-state index in [1.165, 1.54) is 11.3 Å². The summed E-state index contributed by atoms with van der Waals surface area (Å²) in [6, 6.07) is 0. The summed E-state index contributed by atoms with van der Waals surface area (Å²) in [4.78, 5) is 0. The molecule has 2 N–H and O–H groups in total. The molecule has 0 atom stereocenters. The second-order valence-corrected chi connectivity index (χ2v) is 1.91. The average molecular weight is 140 g/mol. The fourth-order valence-electron chi connectivity index (χ4n) is 0.540. The molecule has 0 saturated carbocycles. The first-order valence-corrected chi connectivity index (χ1v) is 3.66. The summed E-state index contributed by atoms with van der Waals surface area (Å²) in [5, 5.41) is 0. The zero-order valence-corrected chi connectivity index (χ0v) is 7.15. The second-order valence-electron chi connectivity index (χ2n) is 1.91. The summed E-state index contributed by atoms with van der Waals surface area (Å²) in [7, 11) is 0. The fraction of sp³-hybridized carbons (Fsp3) is 0.500. The van der Waals surface area contributed by atoms with Gasteiger partial charge in [-0.05, 0) is 25.5 Å². The van der Waals surface area contributed by atoms with E-state index >= 15 is 0 Å². The molecule has 0 radical (unpaired) electrons. The Balaban J connectivity index is 0.000000371. The Morgan fingerprint density at radius 1 is 1.20 bits per heavy atom. The standard InChI is InChI=1S/C6H10N2.C2H6/c1-5-3-4-7-8-6(5)2;1-2/h3-4,7-8H,1-2H3;1-2H3. The molecule has 1 aliphatic rings. The Kier molecular flexibility index (Phi) is 4.46. The van der Waals surface area contributed by atoms with Crippen molar-refractivity contribution >= 4 is 0 Å². The summed E-state index contributed by atoms with van der Waals surface area (Å²) in [6.07, 6.45) is 3.91. The van der Waals surface area contributed by atoms with E-state index in [1.807, 2.05) is 33.0 Å². The second kappa shape index (κ2) is 4.91. The zero-order chi connectivity index (χ0) is 7.98. The van der Waals surface area contributed by atoms with Gasteiger partial charge in [0.15, 0.2) is 0 Å². The highest BCUT2D eigenvalue weighted by Crippen LogP contribution is 2.02. The molecule has 58 valence electrons. The Labute approximate surface area is 63.0 Å². The topological polar surface area (TPSA) is 24.1 Å². The average Bonchev–Trinajstić information content (AvgIpc) is 2.00. The molecule has 10 heavy (non-hydrogen) atoms. The van der Waals surface area contributed by atoms with Crippen molar-refractivity contribution in [3.63, 3.8) is 0 Å². The van der Waals surface area contributed by atoms with Gasteiger partial charge in [-0.25, -0.2) is 0 Å². The van der Waals surface area contributed by atoms with Gasteiger partial charge in [0.2, 0.25) is 0 Å². The molecule has 1 rings (SSSR count). The van der Waals surface area contributed by atoms with Crippen LogP contribution in [0.2, 0.25) is 0 Å². The van der Waals surface area contributed by atoms with Crippen LogP contribution in [-0.2, 0) is 0 Å². The molecular weight excluding hydrogens is 124 g/mol. The minimum atomic E-state index is 1.19. The van der Waals surface area contributed by atoms with E-state index in [-0.39, 0.29) is 0 Å². The fourth-order valence-corrected chi connectivity index (χ4v) is 0.540. The molecule has 1 heterocycles. The quantitative estimate of drug-likeness (QED) is 0.537. The molecular formula is C8H16N2. The van der Waals surface area contributed by atoms with Crippen LogP contribution in [0.25, 0.3) is 0 Å². The molecule has 0 aliphatic carbocycles. The van der Waals surface area contributed by atoms with Crippen molar-refractivity contribution in [2.45, 2.75) is 27.7 Å². The summed E-state index contributed by atoms with van der Waals surface area (Å²) in [5.74, 6) is 0. The van der Waals surface area contributed by atoms with Crippen molar-refractivity contribution in [1.82, 2.24) is 10.9 Å². The Hall–Kier alpha value is -0.920. The van der Waals surface area contributed by atoms with E-state index < -0.39 is 0 Å². The first kappa shape index (κ1) is 9.08. The first-order chi connectivity index (χ1) is 4.80. The van der Waals surface area contributed by atoms with Gasteiger partial charge >= 0.3 is 0 Å². The predicted molar refractivity (Wildman–Crippen MR) is 45.1 cm³/mol. The molecule has 0 spiro atoms. The number of hydrogen-bond donors (Lipinski definition) is 2. The maximum Gasteiger partial charge on any atom is 0.0312 e. The van der Waals surface area contributed by atoms with Gasteiger partial charge in [-0.1, -0.05) is 13.8 Å². The van der Waals surface area contributed by atoms with Crippen LogP contribution in [-0.4, -0.2) is 0 Å². The van der Waals surface area contributed by atoms with Crippen molar-refractivity contribution < 1.29 is 0 Å². The van der Waals surface area contributed by atoms with Crippen molar-refractivity contribution in [3.8, 4) is 0 Å². The van der Waals surface area contributed by atoms with E-state index in [9.17, 15) is 0 Å². The van der Waals surface area contributed by atoms with E-state index in [2.05, 4.69) is 17.8 Å². The molecule has 2 nitrogen and oxygen atoms in total. The van der Waals surface area contributed by atoms with Gasteiger partial charge in [0.05, 0.1) is 0 Å². The predicted octanol–water partition coefficient (Wildman–Crippen LogP) is 1.93. The summed E-state index contributed by atoms with van der Waals surface area (Å²) >= 11 is 0. The molecule has 2 heteroatoms. The van der Waals surface area contributed by atoms with Gasteiger partial charge in [-0.3, -0.25) is 0 Å². The lowest BCUT2D eigenvalue weighted by atomic mass is 10.2. The first-order valence-electron chi connectivity index (χ1n) is 3.66. The Bertz CT molecular complexity index is 145. The minimum absolute atomic E-state index is 1.19. The highest BCUT2D eigenvalue weighted by Gasteiger charge is 1.93. The molecule has 0 unspecified atom stereocenters. The summed E-state index contributed by atoms with van der Waals surface area (Å²) < 4.78 is 0. The number of hydrogen-bond acceptors (Lipinski definition) is 2. The van der Waals surface area contributed by atoms with E-state index in [1.54, 1.807) is 0 Å². The van der Waals surface area contributed by atoms with E-state index in [0.717, 1.165) is 0 Å². The van der Waals surface area contributed by atoms with Gasteiger partial charge < -0.3 is 10.9 Å². The molecule has 0 amide bonds. The molecule has 0 bridgehead atoms. The Morgan fingerprint density at radius 2 is 1.80 bits per heavy atom. The monoisotopic (exact) mass is 140 g/mol. The van der Waals surface area contributed by atoms with Gasteiger partial charge in [0.25, 0.3) is 0 Å². The summed E-state index contributed by atoms with van der Waals surface area (Å²) in [5.41, 5.74) is 8.32. The number of nitrogens with one attached hydrogen (secondary N) is 2. The van der Waals surface area contributed by atoms with Crippen LogP contribution in [0.15, 0.2) is 23.5 Å². The van der Waals surface area contributed by atoms with Crippen molar-refractivity contribution in [1.29, 1.82) is 0 Å². The van der Waals surface area contributed by atoms with Gasteiger partial charge in [0, 0.05) is 11.9 Å². The lowest BCUT2D eigenvalue weighted by Gasteiger charge is -2.12. The lowest BCUT2D eigenvalue weighted by molar-refractivity contribution is 0.708. The third-order valence-corrected chi connectivity index (χ3v) is 1.27. The van der Waals surface area contributed by atoms with Crippen molar-refractivity contribution in [2.75, 3.05) is 0 Å². The molecule has 0 aromatic rings. The van der Waals surface area contributed by atoms with Crippen LogP contribution < -0.4 is 10.9 Å². The Morgan fingerprint density at radius 3 is 2.10 bits per heavy atom. The lowest BCUT2D eigenvalue weighted by Crippen LogP contribution is -2.27.